The van der Waals surface area contributed by atoms with Gasteiger partial charge >= 0.3 is 12.1 Å². The highest BCUT2D eigenvalue weighted by Gasteiger charge is 2.45. The van der Waals surface area contributed by atoms with E-state index in [0.29, 0.717) is 28.7 Å². The SMILES string of the molecule is CCOC(=O)C1=C(C(F)(F)F)N=c2s/c(=C\c3ccc(OC(C)C)c(OCC)c3)c(=O)n2[C@H]1c1ccc(Cl)cc1. The predicted molar refractivity (Wildman–Crippen MR) is 146 cm³/mol. The Hall–Kier alpha value is -3.57. The fourth-order valence-corrected chi connectivity index (χ4v) is 5.31. The Kier molecular flexibility index (Phi) is 8.74. The number of carbonyl (C=O) groups is 1. The fourth-order valence-electron chi connectivity index (χ4n) is 4.19. The van der Waals surface area contributed by atoms with Gasteiger partial charge in [-0.05, 0) is 69.2 Å². The van der Waals surface area contributed by atoms with E-state index in [1.807, 2.05) is 20.8 Å². The predicted octanol–water partition coefficient (Wildman–Crippen LogP) is 5.18. The van der Waals surface area contributed by atoms with Gasteiger partial charge in [0.1, 0.15) is 0 Å². The van der Waals surface area contributed by atoms with E-state index in [1.54, 1.807) is 18.2 Å². The normalized spacial score (nSPS) is 15.6. The van der Waals surface area contributed by atoms with Crippen molar-refractivity contribution >= 4 is 35.0 Å². The van der Waals surface area contributed by atoms with Crippen molar-refractivity contribution in [1.82, 2.24) is 4.57 Å². The van der Waals surface area contributed by atoms with Crippen molar-refractivity contribution in [3.05, 3.63) is 89.6 Å². The summed E-state index contributed by atoms with van der Waals surface area (Å²) < 4.78 is 60.4. The lowest BCUT2D eigenvalue weighted by Crippen LogP contribution is -2.41. The van der Waals surface area contributed by atoms with E-state index < -0.39 is 35.0 Å². The second-order valence-corrected chi connectivity index (χ2v) is 10.4. The first-order chi connectivity index (χ1) is 18.9. The number of esters is 1. The third-order valence-corrected chi connectivity index (χ3v) is 6.94. The number of halogens is 4. The van der Waals surface area contributed by atoms with E-state index >= 15 is 0 Å². The molecule has 1 aliphatic rings. The average molecular weight is 595 g/mol. The van der Waals surface area contributed by atoms with Crippen molar-refractivity contribution in [2.75, 3.05) is 13.2 Å². The van der Waals surface area contributed by atoms with Crippen molar-refractivity contribution in [3.63, 3.8) is 0 Å². The maximum absolute atomic E-state index is 14.2. The zero-order chi connectivity index (χ0) is 29.2. The molecule has 7 nitrogen and oxygen atoms in total. The fraction of sp³-hybridized carbons (Fsp3) is 0.321. The Morgan fingerprint density at radius 3 is 2.42 bits per heavy atom. The van der Waals surface area contributed by atoms with Gasteiger partial charge in [0.05, 0.1) is 35.5 Å². The quantitative estimate of drug-likeness (QED) is 0.336. The minimum absolute atomic E-state index is 0.0990. The molecule has 0 saturated heterocycles. The Balaban J connectivity index is 1.96. The van der Waals surface area contributed by atoms with Crippen LogP contribution in [0.1, 0.15) is 44.9 Å². The van der Waals surface area contributed by atoms with Crippen LogP contribution in [-0.4, -0.2) is 36.0 Å². The lowest BCUT2D eigenvalue weighted by molar-refractivity contribution is -0.140. The minimum atomic E-state index is -4.99. The number of hydrogen-bond acceptors (Lipinski definition) is 7. The van der Waals surface area contributed by atoms with Gasteiger partial charge in [-0.3, -0.25) is 9.36 Å². The molecule has 3 aromatic rings. The molecule has 2 heterocycles. The molecule has 0 fully saturated rings. The highest BCUT2D eigenvalue weighted by atomic mass is 35.5. The highest BCUT2D eigenvalue weighted by Crippen LogP contribution is 2.38. The number of aromatic nitrogens is 1. The lowest BCUT2D eigenvalue weighted by atomic mass is 9.95. The molecule has 1 atom stereocenters. The summed E-state index contributed by atoms with van der Waals surface area (Å²) in [5.41, 5.74) is -2.00. The molecule has 12 heteroatoms. The number of carbonyl (C=O) groups excluding carboxylic acids is 1. The van der Waals surface area contributed by atoms with Gasteiger partial charge in [-0.2, -0.15) is 13.2 Å². The molecular formula is C28H26ClF3N2O5S. The second-order valence-electron chi connectivity index (χ2n) is 8.92. The number of fused-ring (bicyclic) bond motifs is 1. The number of allylic oxidation sites excluding steroid dienone is 1. The van der Waals surface area contributed by atoms with Gasteiger partial charge < -0.3 is 14.2 Å². The van der Waals surface area contributed by atoms with Crippen LogP contribution in [0.5, 0.6) is 11.5 Å². The van der Waals surface area contributed by atoms with Gasteiger partial charge in [0.25, 0.3) is 5.56 Å². The number of thiazole rings is 1. The smallest absolute Gasteiger partial charge is 0.434 e. The zero-order valence-electron chi connectivity index (χ0n) is 22.0. The number of nitrogens with zero attached hydrogens (tertiary/aromatic N) is 2. The van der Waals surface area contributed by atoms with Crippen molar-refractivity contribution < 1.29 is 32.2 Å². The largest absolute Gasteiger partial charge is 0.490 e. The average Bonchev–Trinajstić information content (AvgIpc) is 3.19. The Labute approximate surface area is 236 Å². The van der Waals surface area contributed by atoms with Crippen molar-refractivity contribution in [3.8, 4) is 11.5 Å². The summed E-state index contributed by atoms with van der Waals surface area (Å²) in [6.07, 6.45) is -3.55. The number of benzene rings is 2. The molecule has 0 aliphatic carbocycles. The van der Waals surface area contributed by atoms with Crippen LogP contribution >= 0.6 is 22.9 Å². The molecule has 212 valence electrons. The molecule has 1 aromatic heterocycles. The number of rotatable bonds is 8. The third-order valence-electron chi connectivity index (χ3n) is 5.71. The van der Waals surface area contributed by atoms with E-state index in [9.17, 15) is 22.8 Å². The van der Waals surface area contributed by atoms with Crippen LogP contribution in [0.4, 0.5) is 13.2 Å². The number of ether oxygens (including phenoxy) is 3. The van der Waals surface area contributed by atoms with Crippen LogP contribution in [0.15, 0.2) is 63.5 Å². The molecule has 0 N–H and O–H groups in total. The van der Waals surface area contributed by atoms with E-state index in [1.165, 1.54) is 37.3 Å². The van der Waals surface area contributed by atoms with Crippen LogP contribution in [-0.2, 0) is 9.53 Å². The second kappa shape index (κ2) is 11.9. The molecule has 0 saturated carbocycles. The van der Waals surface area contributed by atoms with E-state index in [4.69, 9.17) is 25.8 Å². The summed E-state index contributed by atoms with van der Waals surface area (Å²) in [5, 5.41) is 0.337. The minimum Gasteiger partial charge on any atom is -0.490 e. The molecule has 4 rings (SSSR count). The first-order valence-corrected chi connectivity index (χ1v) is 13.6. The summed E-state index contributed by atoms with van der Waals surface area (Å²) in [4.78, 5) is 30.2. The Bertz CT molecular complexity index is 1630. The number of hydrogen-bond donors (Lipinski definition) is 0. The summed E-state index contributed by atoms with van der Waals surface area (Å²) in [6.45, 7) is 7.26. The van der Waals surface area contributed by atoms with Gasteiger partial charge in [0.15, 0.2) is 22.0 Å². The van der Waals surface area contributed by atoms with Gasteiger partial charge in [-0.25, -0.2) is 9.79 Å². The Morgan fingerprint density at radius 1 is 1.12 bits per heavy atom. The van der Waals surface area contributed by atoms with E-state index in [2.05, 4.69) is 4.99 Å². The lowest BCUT2D eigenvalue weighted by Gasteiger charge is -2.26. The monoisotopic (exact) mass is 594 g/mol. The van der Waals surface area contributed by atoms with Gasteiger partial charge in [-0.1, -0.05) is 41.1 Å². The van der Waals surface area contributed by atoms with Crippen LogP contribution in [0, 0.1) is 0 Å². The summed E-state index contributed by atoms with van der Waals surface area (Å²) in [6, 6.07) is 9.52. The molecule has 0 bridgehead atoms. The van der Waals surface area contributed by atoms with Crippen LogP contribution in [0.2, 0.25) is 5.02 Å². The van der Waals surface area contributed by atoms with Gasteiger partial charge in [-0.15, -0.1) is 0 Å². The summed E-state index contributed by atoms with van der Waals surface area (Å²) >= 11 is 6.79. The summed E-state index contributed by atoms with van der Waals surface area (Å²) in [5.74, 6) is -0.234. The first kappa shape index (κ1) is 29.4. The standard InChI is InChI=1S/C28H26ClF3N2O5S/c1-5-37-20-13-16(7-12-19(20)39-15(3)4)14-21-25(35)34-23(17-8-10-18(29)11-9-17)22(26(36)38-6-2)24(28(30,31)32)33-27(34)40-21/h7-15,23H,5-6H2,1-4H3/b21-14-/t23-/m0/s1. The van der Waals surface area contributed by atoms with Crippen LogP contribution < -0.4 is 24.4 Å². The molecule has 2 aromatic carbocycles. The Morgan fingerprint density at radius 2 is 1.82 bits per heavy atom. The molecule has 0 radical (unpaired) electrons. The van der Waals surface area contributed by atoms with E-state index in [0.717, 1.165) is 15.9 Å². The first-order valence-electron chi connectivity index (χ1n) is 12.4. The van der Waals surface area contributed by atoms with Gasteiger partial charge in [0.2, 0.25) is 0 Å². The topological polar surface area (TPSA) is 79.1 Å². The number of alkyl halides is 3. The zero-order valence-corrected chi connectivity index (χ0v) is 23.6. The molecule has 40 heavy (non-hydrogen) atoms. The maximum atomic E-state index is 14.2. The van der Waals surface area contributed by atoms with Crippen LogP contribution in [0.25, 0.3) is 6.08 Å². The molecule has 1 aliphatic heterocycles. The van der Waals surface area contributed by atoms with E-state index in [-0.39, 0.29) is 27.6 Å². The van der Waals surface area contributed by atoms with Crippen LogP contribution in [0.3, 0.4) is 0 Å². The van der Waals surface area contributed by atoms with Crippen molar-refractivity contribution in [2.45, 2.75) is 46.0 Å². The van der Waals surface area contributed by atoms with Gasteiger partial charge in [0, 0.05) is 5.02 Å². The van der Waals surface area contributed by atoms with Crippen molar-refractivity contribution in [2.24, 2.45) is 4.99 Å². The highest BCUT2D eigenvalue weighted by molar-refractivity contribution is 7.07. The third kappa shape index (κ3) is 6.10. The molecular weight excluding hydrogens is 569 g/mol. The molecule has 0 amide bonds. The molecule has 0 spiro atoms. The summed E-state index contributed by atoms with van der Waals surface area (Å²) in [7, 11) is 0. The maximum Gasteiger partial charge on any atom is 0.434 e. The van der Waals surface area contributed by atoms with Crippen molar-refractivity contribution in [1.29, 1.82) is 0 Å². The molecule has 0 unspecified atom stereocenters.